The molecule has 0 fully saturated rings. The monoisotopic (exact) mass is 552 g/mol. The van der Waals surface area contributed by atoms with Gasteiger partial charge in [-0.3, -0.25) is 4.79 Å². The van der Waals surface area contributed by atoms with Crippen LogP contribution in [-0.2, 0) is 31.8 Å². The van der Waals surface area contributed by atoms with Crippen LogP contribution in [0.1, 0.15) is 55.2 Å². The van der Waals surface area contributed by atoms with Crippen molar-refractivity contribution in [1.82, 2.24) is 4.90 Å². The van der Waals surface area contributed by atoms with Gasteiger partial charge in [0.15, 0.2) is 5.60 Å². The van der Waals surface area contributed by atoms with Gasteiger partial charge in [0.2, 0.25) is 5.91 Å². The molecule has 1 N–H and O–H groups in total. The lowest BCUT2D eigenvalue weighted by molar-refractivity contribution is -0.168. The second-order valence-corrected chi connectivity index (χ2v) is 11.5. The number of carbonyl (C=O) groups excluding carboxylic acids is 2. The van der Waals surface area contributed by atoms with Crippen LogP contribution in [0.2, 0.25) is 5.02 Å². The molecule has 0 saturated carbocycles. The van der Waals surface area contributed by atoms with Crippen LogP contribution in [0.3, 0.4) is 0 Å². The number of carbonyl (C=O) groups is 2. The molecule has 2 bridgehead atoms. The molecule has 5 rings (SSSR count). The smallest absolute Gasteiger partial charge is 0.343 e. The van der Waals surface area contributed by atoms with E-state index >= 15 is 0 Å². The van der Waals surface area contributed by atoms with E-state index in [1.54, 1.807) is 24.1 Å². The molecule has 2 atom stereocenters. The summed E-state index contributed by atoms with van der Waals surface area (Å²) in [5.41, 5.74) is 1.35. The van der Waals surface area contributed by atoms with Gasteiger partial charge in [-0.15, -0.1) is 0 Å². The number of hydrogen-bond acceptors (Lipinski definition) is 6. The second-order valence-electron chi connectivity index (χ2n) is 11.1. The van der Waals surface area contributed by atoms with Gasteiger partial charge in [-0.1, -0.05) is 35.9 Å². The van der Waals surface area contributed by atoms with E-state index in [1.807, 2.05) is 12.1 Å². The minimum absolute atomic E-state index is 0.215. The second kappa shape index (κ2) is 11.2. The van der Waals surface area contributed by atoms with Gasteiger partial charge in [-0.05, 0) is 79.5 Å². The summed E-state index contributed by atoms with van der Waals surface area (Å²) in [5, 5.41) is 12.4. The SMILES string of the molecule is COC(=O)[C@@]1(O)CC(=O)N(C)CC/C=C\CCCN2C[C@@]3(CCCc4cc(Cl)ccc43)COc3ccc1cc32. The molecule has 208 valence electrons. The van der Waals surface area contributed by atoms with Gasteiger partial charge in [0.05, 0.1) is 25.8 Å². The fraction of sp³-hybridized carbons (Fsp3) is 0.484. The molecule has 39 heavy (non-hydrogen) atoms. The average Bonchev–Trinajstić information content (AvgIpc) is 3.08. The van der Waals surface area contributed by atoms with Gasteiger partial charge in [-0.25, -0.2) is 4.79 Å². The molecule has 7 nitrogen and oxygen atoms in total. The maximum atomic E-state index is 13.1. The summed E-state index contributed by atoms with van der Waals surface area (Å²) in [6.07, 6.45) is 9.44. The zero-order valence-electron chi connectivity index (χ0n) is 22.7. The quantitative estimate of drug-likeness (QED) is 0.406. The number of amides is 1. The van der Waals surface area contributed by atoms with Gasteiger partial charge in [-0.2, -0.15) is 0 Å². The van der Waals surface area contributed by atoms with E-state index in [2.05, 4.69) is 29.2 Å². The first-order valence-corrected chi connectivity index (χ1v) is 14.1. The molecule has 1 spiro atoms. The van der Waals surface area contributed by atoms with E-state index in [0.29, 0.717) is 30.9 Å². The lowest BCUT2D eigenvalue weighted by Gasteiger charge is -2.41. The molecule has 0 radical (unpaired) electrons. The van der Waals surface area contributed by atoms with Crippen LogP contribution in [0.5, 0.6) is 5.75 Å². The molecule has 0 unspecified atom stereocenters. The van der Waals surface area contributed by atoms with Crippen molar-refractivity contribution in [3.63, 3.8) is 0 Å². The Morgan fingerprint density at radius 2 is 1.92 bits per heavy atom. The molecule has 3 aliphatic rings. The Balaban J connectivity index is 1.60. The standard InChI is InChI=1S/C31H37ClN2O5/c1-33-15-6-4-3-5-7-16-34-20-30(14-8-9-22-17-24(32)11-12-25(22)30)21-39-27-13-10-23(18-26(27)34)31(37,19-28(33)35)29(36)38-2/h3-4,10-13,17-18,37H,5-9,14-16,19-21H2,1-2H3/b4-3-/t30-,31+/m0/s1. The van der Waals surface area contributed by atoms with Crippen LogP contribution >= 0.6 is 11.6 Å². The lowest BCUT2D eigenvalue weighted by Crippen LogP contribution is -2.46. The number of fused-ring (bicyclic) bond motifs is 3. The third kappa shape index (κ3) is 5.39. The van der Waals surface area contributed by atoms with Crippen molar-refractivity contribution in [3.8, 4) is 5.75 Å². The van der Waals surface area contributed by atoms with E-state index < -0.39 is 18.0 Å². The van der Waals surface area contributed by atoms with Gasteiger partial charge in [0.25, 0.3) is 0 Å². The summed E-state index contributed by atoms with van der Waals surface area (Å²) in [5.74, 6) is -0.484. The first kappa shape index (κ1) is 27.5. The van der Waals surface area contributed by atoms with Gasteiger partial charge < -0.3 is 24.4 Å². The number of methoxy groups -OCH3 is 1. The van der Waals surface area contributed by atoms with Crippen LogP contribution < -0.4 is 9.64 Å². The van der Waals surface area contributed by atoms with E-state index in [9.17, 15) is 14.7 Å². The average molecular weight is 553 g/mol. The van der Waals surface area contributed by atoms with Crippen molar-refractivity contribution in [3.05, 3.63) is 70.3 Å². The number of esters is 1. The third-order valence-corrected chi connectivity index (χ3v) is 8.70. The molecule has 8 heteroatoms. The molecular weight excluding hydrogens is 516 g/mol. The normalized spacial score (nSPS) is 26.5. The Bertz CT molecular complexity index is 1280. The number of hydrogen-bond donors (Lipinski definition) is 1. The summed E-state index contributed by atoms with van der Waals surface area (Å²) < 4.78 is 11.5. The molecule has 0 aromatic heterocycles. The van der Waals surface area contributed by atoms with Crippen molar-refractivity contribution in [2.75, 3.05) is 45.3 Å². The minimum Gasteiger partial charge on any atom is -0.490 e. The van der Waals surface area contributed by atoms with Crippen molar-refractivity contribution in [2.24, 2.45) is 0 Å². The fourth-order valence-corrected chi connectivity index (χ4v) is 6.45. The Morgan fingerprint density at radius 1 is 1.10 bits per heavy atom. The highest BCUT2D eigenvalue weighted by molar-refractivity contribution is 6.30. The summed E-state index contributed by atoms with van der Waals surface area (Å²) >= 11 is 6.36. The first-order valence-electron chi connectivity index (χ1n) is 13.8. The summed E-state index contributed by atoms with van der Waals surface area (Å²) in [6, 6.07) is 11.5. The Morgan fingerprint density at radius 3 is 2.74 bits per heavy atom. The van der Waals surface area contributed by atoms with Crippen molar-refractivity contribution in [2.45, 2.75) is 56.0 Å². The molecule has 2 aromatic carbocycles. The number of aryl methyl sites for hydroxylation is 1. The lowest BCUT2D eigenvalue weighted by atomic mass is 9.70. The highest BCUT2D eigenvalue weighted by Crippen LogP contribution is 2.45. The molecule has 0 saturated heterocycles. The number of aliphatic hydroxyl groups is 1. The number of anilines is 1. The molecule has 2 heterocycles. The third-order valence-electron chi connectivity index (χ3n) is 8.47. The summed E-state index contributed by atoms with van der Waals surface area (Å²) in [4.78, 5) is 29.9. The highest BCUT2D eigenvalue weighted by atomic mass is 35.5. The number of allylic oxidation sites excluding steroid dienone is 1. The maximum Gasteiger partial charge on any atom is 0.343 e. The van der Waals surface area contributed by atoms with Crippen LogP contribution in [-0.4, -0.2) is 62.3 Å². The Kier molecular flexibility index (Phi) is 7.92. The number of halogens is 1. The van der Waals surface area contributed by atoms with Crippen molar-refractivity contribution in [1.29, 1.82) is 0 Å². The van der Waals surface area contributed by atoms with Crippen molar-refractivity contribution >= 4 is 29.2 Å². The zero-order chi connectivity index (χ0) is 27.6. The minimum atomic E-state index is -2.12. The summed E-state index contributed by atoms with van der Waals surface area (Å²) in [7, 11) is 2.91. The molecule has 2 aliphatic heterocycles. The number of nitrogens with zero attached hydrogens (tertiary/aromatic N) is 2. The number of benzene rings is 2. The van der Waals surface area contributed by atoms with Crippen LogP contribution in [0.15, 0.2) is 48.6 Å². The Labute approximate surface area is 235 Å². The van der Waals surface area contributed by atoms with Crippen LogP contribution in [0.25, 0.3) is 0 Å². The van der Waals surface area contributed by atoms with E-state index in [4.69, 9.17) is 21.1 Å². The van der Waals surface area contributed by atoms with Crippen LogP contribution in [0.4, 0.5) is 5.69 Å². The fourth-order valence-electron chi connectivity index (χ4n) is 6.25. The predicted molar refractivity (Wildman–Crippen MR) is 151 cm³/mol. The molecule has 1 amide bonds. The topological polar surface area (TPSA) is 79.3 Å². The molecule has 1 aliphatic carbocycles. The summed E-state index contributed by atoms with van der Waals surface area (Å²) in [6.45, 7) is 2.54. The molecular formula is C31H37ClN2O5. The Hall–Kier alpha value is -3.03. The first-order chi connectivity index (χ1) is 18.8. The van der Waals surface area contributed by atoms with Crippen molar-refractivity contribution < 1.29 is 24.2 Å². The van der Waals surface area contributed by atoms with Gasteiger partial charge >= 0.3 is 5.97 Å². The van der Waals surface area contributed by atoms with E-state index in [1.165, 1.54) is 18.2 Å². The van der Waals surface area contributed by atoms with Gasteiger partial charge in [0.1, 0.15) is 5.75 Å². The van der Waals surface area contributed by atoms with E-state index in [0.717, 1.165) is 55.9 Å². The zero-order valence-corrected chi connectivity index (χ0v) is 23.5. The predicted octanol–water partition coefficient (Wildman–Crippen LogP) is 4.76. The van der Waals surface area contributed by atoms with Crippen LogP contribution in [0, 0.1) is 0 Å². The van der Waals surface area contributed by atoms with Gasteiger partial charge in [0, 0.05) is 37.1 Å². The largest absolute Gasteiger partial charge is 0.490 e. The van der Waals surface area contributed by atoms with E-state index in [-0.39, 0.29) is 11.3 Å². The maximum absolute atomic E-state index is 13.1. The highest BCUT2D eigenvalue weighted by Gasteiger charge is 2.45. The number of ether oxygens (including phenoxy) is 2. The number of rotatable bonds is 1. The molecule has 2 aromatic rings.